The predicted molar refractivity (Wildman–Crippen MR) is 159 cm³/mol. The normalized spacial score (nSPS) is 15.9. The van der Waals surface area contributed by atoms with E-state index >= 15 is 0 Å². The van der Waals surface area contributed by atoms with Crippen LogP contribution in [0.4, 0.5) is 10.5 Å². The largest absolute Gasteiger partial charge is 0.443 e. The number of nitriles is 1. The molecule has 0 saturated carbocycles. The van der Waals surface area contributed by atoms with E-state index in [-0.39, 0.29) is 11.4 Å². The number of anilines is 1. The molecule has 0 N–H and O–H groups in total. The number of fused-ring (bicyclic) bond motifs is 1. The molecule has 1 unspecified atom stereocenters. The van der Waals surface area contributed by atoms with E-state index in [0.29, 0.717) is 30.8 Å². The quantitative estimate of drug-likeness (QED) is 0.301. The molecule has 216 valence electrons. The van der Waals surface area contributed by atoms with Crippen LogP contribution in [0.25, 0.3) is 0 Å². The van der Waals surface area contributed by atoms with E-state index in [1.54, 1.807) is 73.7 Å². The third-order valence-corrected chi connectivity index (χ3v) is 8.88. The van der Waals surface area contributed by atoms with Crippen LogP contribution in [0.2, 0.25) is 0 Å². The topological polar surface area (TPSA) is 109 Å². The molecule has 3 aromatic carbocycles. The number of carbonyl (C=O) groups is 1. The molecule has 2 heterocycles. The Bertz CT molecular complexity index is 1710. The zero-order valence-corrected chi connectivity index (χ0v) is 24.7. The Kier molecular flexibility index (Phi) is 8.16. The van der Waals surface area contributed by atoms with Crippen molar-refractivity contribution < 1.29 is 17.9 Å². The van der Waals surface area contributed by atoms with Gasteiger partial charge >= 0.3 is 6.09 Å². The van der Waals surface area contributed by atoms with Crippen molar-refractivity contribution in [2.75, 3.05) is 11.4 Å². The van der Waals surface area contributed by atoms with Gasteiger partial charge in [-0.2, -0.15) is 9.57 Å². The van der Waals surface area contributed by atoms with Gasteiger partial charge in [0.25, 0.3) is 0 Å². The second-order valence-electron chi connectivity index (χ2n) is 11.3. The van der Waals surface area contributed by atoms with E-state index in [1.807, 2.05) is 36.4 Å². The Labute approximate surface area is 246 Å². The van der Waals surface area contributed by atoms with Crippen molar-refractivity contribution in [3.63, 3.8) is 0 Å². The van der Waals surface area contributed by atoms with Crippen LogP contribution in [0.3, 0.4) is 0 Å². The molecule has 0 amide bonds. The molecule has 0 radical (unpaired) electrons. The summed E-state index contributed by atoms with van der Waals surface area (Å²) in [4.78, 5) is 19.4. The molecule has 0 saturated heterocycles. The Morgan fingerprint density at radius 1 is 1.05 bits per heavy atom. The number of carbonyl (C=O) groups excluding carboxylic acids is 1. The molecular weight excluding hydrogens is 550 g/mol. The van der Waals surface area contributed by atoms with Gasteiger partial charge in [0.15, 0.2) is 0 Å². The van der Waals surface area contributed by atoms with Crippen LogP contribution in [0.5, 0.6) is 0 Å². The van der Waals surface area contributed by atoms with E-state index in [0.717, 1.165) is 16.8 Å². The van der Waals surface area contributed by atoms with Crippen molar-refractivity contribution in [2.24, 2.45) is 0 Å². The fourth-order valence-electron chi connectivity index (χ4n) is 5.10. The average Bonchev–Trinajstić information content (AvgIpc) is 3.38. The molecule has 0 spiro atoms. The minimum atomic E-state index is -3.89. The van der Waals surface area contributed by atoms with Crippen LogP contribution < -0.4 is 4.90 Å². The highest BCUT2D eigenvalue weighted by Crippen LogP contribution is 2.33. The minimum Gasteiger partial charge on any atom is -0.443 e. The van der Waals surface area contributed by atoms with E-state index in [2.05, 4.69) is 16.0 Å². The van der Waals surface area contributed by atoms with Gasteiger partial charge in [0.2, 0.25) is 10.0 Å². The molecule has 1 atom stereocenters. The lowest BCUT2D eigenvalue weighted by molar-refractivity contribution is 0.0536. The number of aromatic nitrogens is 2. The second kappa shape index (κ2) is 11.8. The van der Waals surface area contributed by atoms with Crippen molar-refractivity contribution in [3.8, 4) is 6.07 Å². The summed E-state index contributed by atoms with van der Waals surface area (Å²) in [5.41, 5.74) is 2.95. The highest BCUT2D eigenvalue weighted by atomic mass is 32.2. The Balaban J connectivity index is 1.55. The monoisotopic (exact) mass is 583 g/mol. The number of ether oxygens (including phenoxy) is 1. The molecule has 1 aliphatic rings. The number of benzene rings is 3. The van der Waals surface area contributed by atoms with Gasteiger partial charge in [0.05, 0.1) is 28.8 Å². The Morgan fingerprint density at radius 3 is 2.40 bits per heavy atom. The summed E-state index contributed by atoms with van der Waals surface area (Å²) in [5.74, 6) is 0. The number of hydrogen-bond donors (Lipinski definition) is 0. The zero-order chi connectivity index (χ0) is 29.9. The van der Waals surface area contributed by atoms with Crippen molar-refractivity contribution in [1.82, 2.24) is 13.9 Å². The highest BCUT2D eigenvalue weighted by molar-refractivity contribution is 7.89. The lowest BCUT2D eigenvalue weighted by atomic mass is 10.1. The first-order valence-electron chi connectivity index (χ1n) is 13.7. The summed E-state index contributed by atoms with van der Waals surface area (Å²) in [7, 11) is -3.89. The van der Waals surface area contributed by atoms with Crippen LogP contribution in [0, 0.1) is 11.3 Å². The van der Waals surface area contributed by atoms with Gasteiger partial charge in [-0.15, -0.1) is 0 Å². The van der Waals surface area contributed by atoms with Crippen LogP contribution in [0.1, 0.15) is 43.2 Å². The van der Waals surface area contributed by atoms with Crippen LogP contribution in [-0.2, 0) is 34.3 Å². The first-order chi connectivity index (χ1) is 20.0. The smallest absolute Gasteiger partial charge is 0.419 e. The molecule has 0 fully saturated rings. The average molecular weight is 584 g/mol. The Hall–Kier alpha value is -4.46. The van der Waals surface area contributed by atoms with E-state index in [4.69, 9.17) is 4.74 Å². The molecule has 0 aliphatic carbocycles. The first-order valence-corrected chi connectivity index (χ1v) is 15.1. The molecule has 1 aromatic heterocycles. The zero-order valence-electron chi connectivity index (χ0n) is 23.8. The van der Waals surface area contributed by atoms with E-state index in [1.165, 1.54) is 10.9 Å². The van der Waals surface area contributed by atoms with Gasteiger partial charge in [0.1, 0.15) is 11.9 Å². The summed E-state index contributed by atoms with van der Waals surface area (Å²) in [6, 6.07) is 25.3. The molecular formula is C32H33N5O4S. The minimum absolute atomic E-state index is 0.0996. The maximum Gasteiger partial charge on any atom is 0.419 e. The Morgan fingerprint density at radius 2 is 1.74 bits per heavy atom. The molecule has 42 heavy (non-hydrogen) atoms. The summed E-state index contributed by atoms with van der Waals surface area (Å²) in [6.45, 7) is 6.18. The van der Waals surface area contributed by atoms with Gasteiger partial charge in [-0.25, -0.2) is 22.8 Å². The maximum absolute atomic E-state index is 14.1. The summed E-state index contributed by atoms with van der Waals surface area (Å²) < 4.78 is 36.6. The molecule has 10 heteroatoms. The summed E-state index contributed by atoms with van der Waals surface area (Å²) in [5, 5.41) is 9.64. The number of rotatable bonds is 6. The standard InChI is InChI=1S/C32H33N5O4S/c1-32(2,3)41-31(38)36-21-27(34-23-36)20-35-22-28(17-24-10-6-4-7-11-24)37(42(39,40)29-12-8-5-9-13-29)19-26-16-25(18-33)14-15-30(26)35/h4-16,21,23,28H,17,19-20,22H2,1-3H3. The number of hydrogen-bond acceptors (Lipinski definition) is 7. The van der Waals surface area contributed by atoms with Crippen molar-refractivity contribution >= 4 is 21.8 Å². The van der Waals surface area contributed by atoms with Crippen LogP contribution >= 0.6 is 0 Å². The van der Waals surface area contributed by atoms with Gasteiger partial charge in [0, 0.05) is 31.0 Å². The maximum atomic E-state index is 14.1. The molecule has 9 nitrogen and oxygen atoms in total. The fourth-order valence-corrected chi connectivity index (χ4v) is 6.71. The number of imidazole rings is 1. The van der Waals surface area contributed by atoms with Gasteiger partial charge in [-0.1, -0.05) is 48.5 Å². The molecule has 0 bridgehead atoms. The molecule has 5 rings (SSSR count). The van der Waals surface area contributed by atoms with Gasteiger partial charge in [-0.05, 0) is 68.7 Å². The van der Waals surface area contributed by atoms with Crippen molar-refractivity contribution in [1.29, 1.82) is 5.26 Å². The molecule has 1 aliphatic heterocycles. The van der Waals surface area contributed by atoms with Gasteiger partial charge < -0.3 is 9.64 Å². The number of sulfonamides is 1. The van der Waals surface area contributed by atoms with Gasteiger partial charge in [-0.3, -0.25) is 0 Å². The number of nitrogens with zero attached hydrogens (tertiary/aromatic N) is 5. The van der Waals surface area contributed by atoms with E-state index < -0.39 is 27.8 Å². The third-order valence-electron chi connectivity index (χ3n) is 6.97. The summed E-state index contributed by atoms with van der Waals surface area (Å²) >= 11 is 0. The highest BCUT2D eigenvalue weighted by Gasteiger charge is 2.37. The molecule has 4 aromatic rings. The summed E-state index contributed by atoms with van der Waals surface area (Å²) in [6.07, 6.45) is 3.01. The van der Waals surface area contributed by atoms with Crippen molar-refractivity contribution in [3.05, 3.63) is 114 Å². The lowest BCUT2D eigenvalue weighted by Gasteiger charge is -2.32. The van der Waals surface area contributed by atoms with Crippen LogP contribution in [-0.4, -0.2) is 46.6 Å². The van der Waals surface area contributed by atoms with Crippen molar-refractivity contribution in [2.45, 2.75) is 56.8 Å². The third kappa shape index (κ3) is 6.54. The SMILES string of the molecule is CC(C)(C)OC(=O)n1cnc(CN2CC(Cc3ccccc3)N(S(=O)(=O)c3ccccc3)Cc3cc(C#N)ccc32)c1. The fraction of sp³-hybridized carbons (Fsp3) is 0.281. The lowest BCUT2D eigenvalue weighted by Crippen LogP contribution is -2.45. The van der Waals surface area contributed by atoms with Crippen LogP contribution in [0.15, 0.2) is 96.3 Å². The first kappa shape index (κ1) is 29.0. The second-order valence-corrected chi connectivity index (χ2v) is 13.2. The van der Waals surface area contributed by atoms with E-state index in [9.17, 15) is 18.5 Å². The predicted octanol–water partition coefficient (Wildman–Crippen LogP) is 5.36.